The smallest absolute Gasteiger partial charge is 0.236 e. The second kappa shape index (κ2) is 4.49. The first kappa shape index (κ1) is 10.9. The summed E-state index contributed by atoms with van der Waals surface area (Å²) >= 11 is 0. The molecule has 1 amide bonds. The number of amides is 1. The third-order valence-electron chi connectivity index (χ3n) is 3.59. The van der Waals surface area contributed by atoms with Gasteiger partial charge >= 0.3 is 0 Å². The van der Waals surface area contributed by atoms with Gasteiger partial charge < -0.3 is 10.2 Å². The Labute approximate surface area is 91.6 Å². The Kier molecular flexibility index (Phi) is 3.26. The van der Waals surface area contributed by atoms with E-state index in [1.807, 2.05) is 11.9 Å². The molecular formula is C11H21N3O. The lowest BCUT2D eigenvalue weighted by molar-refractivity contribution is -0.138. The fourth-order valence-electron chi connectivity index (χ4n) is 2.64. The van der Waals surface area contributed by atoms with Gasteiger partial charge in [0.1, 0.15) is 0 Å². The molecule has 2 fully saturated rings. The highest BCUT2D eigenvalue weighted by molar-refractivity contribution is 5.78. The monoisotopic (exact) mass is 211 g/mol. The van der Waals surface area contributed by atoms with Crippen molar-refractivity contribution in [2.24, 2.45) is 0 Å². The molecule has 4 heteroatoms. The topological polar surface area (TPSA) is 35.6 Å². The molecule has 0 bridgehead atoms. The van der Waals surface area contributed by atoms with E-state index < -0.39 is 0 Å². The van der Waals surface area contributed by atoms with Crippen molar-refractivity contribution in [1.82, 2.24) is 15.1 Å². The fourth-order valence-corrected chi connectivity index (χ4v) is 2.64. The third-order valence-corrected chi connectivity index (χ3v) is 3.59. The van der Waals surface area contributed by atoms with E-state index >= 15 is 0 Å². The summed E-state index contributed by atoms with van der Waals surface area (Å²) in [7, 11) is 1.90. The van der Waals surface area contributed by atoms with Crippen LogP contribution in [-0.2, 0) is 4.79 Å². The van der Waals surface area contributed by atoms with Crippen molar-refractivity contribution in [3.05, 3.63) is 0 Å². The van der Waals surface area contributed by atoms with E-state index in [9.17, 15) is 4.79 Å². The first-order valence-electron chi connectivity index (χ1n) is 5.89. The maximum absolute atomic E-state index is 11.7. The van der Waals surface area contributed by atoms with Crippen molar-refractivity contribution in [3.63, 3.8) is 0 Å². The maximum Gasteiger partial charge on any atom is 0.236 e. The summed E-state index contributed by atoms with van der Waals surface area (Å²) in [4.78, 5) is 15.9. The van der Waals surface area contributed by atoms with E-state index in [0.717, 1.165) is 19.6 Å². The molecule has 2 unspecified atom stereocenters. The molecule has 4 nitrogen and oxygen atoms in total. The van der Waals surface area contributed by atoms with Crippen LogP contribution in [0.2, 0.25) is 0 Å². The molecule has 0 aromatic rings. The molecular weight excluding hydrogens is 190 g/mol. The number of piperazine rings is 1. The van der Waals surface area contributed by atoms with Crippen LogP contribution in [0.5, 0.6) is 0 Å². The summed E-state index contributed by atoms with van der Waals surface area (Å²) in [6.07, 6.45) is 2.46. The number of rotatable bonds is 1. The summed E-state index contributed by atoms with van der Waals surface area (Å²) in [5.74, 6) is 0.263. The van der Waals surface area contributed by atoms with E-state index in [4.69, 9.17) is 0 Å². The summed E-state index contributed by atoms with van der Waals surface area (Å²) in [5, 5.41) is 3.41. The molecule has 2 aliphatic heterocycles. The summed E-state index contributed by atoms with van der Waals surface area (Å²) in [6, 6.07) is 1.06. The second-order valence-corrected chi connectivity index (χ2v) is 4.80. The Bertz CT molecular complexity index is 238. The lowest BCUT2D eigenvalue weighted by Gasteiger charge is -2.43. The lowest BCUT2D eigenvalue weighted by atomic mass is 10.0. The molecule has 0 aliphatic carbocycles. The number of piperidine rings is 1. The molecule has 0 aromatic carbocycles. The van der Waals surface area contributed by atoms with Gasteiger partial charge in [-0.3, -0.25) is 9.69 Å². The highest BCUT2D eigenvalue weighted by Crippen LogP contribution is 2.17. The van der Waals surface area contributed by atoms with Gasteiger partial charge in [0.05, 0.1) is 6.54 Å². The van der Waals surface area contributed by atoms with Crippen LogP contribution in [0.4, 0.5) is 0 Å². The normalized spacial score (nSPS) is 34.5. The maximum atomic E-state index is 11.7. The highest BCUT2D eigenvalue weighted by Gasteiger charge is 2.32. The summed E-state index contributed by atoms with van der Waals surface area (Å²) in [6.45, 7) is 5.87. The van der Waals surface area contributed by atoms with Crippen molar-refractivity contribution in [2.75, 3.05) is 33.2 Å². The fraction of sp³-hybridized carbons (Fsp3) is 0.909. The Hall–Kier alpha value is -0.610. The van der Waals surface area contributed by atoms with Gasteiger partial charge in [0.15, 0.2) is 0 Å². The van der Waals surface area contributed by atoms with Crippen LogP contribution >= 0.6 is 0 Å². The van der Waals surface area contributed by atoms with Gasteiger partial charge in [-0.05, 0) is 26.3 Å². The molecule has 1 N–H and O–H groups in total. The van der Waals surface area contributed by atoms with Gasteiger partial charge in [0.25, 0.3) is 0 Å². The van der Waals surface area contributed by atoms with Gasteiger partial charge in [0.2, 0.25) is 5.91 Å². The van der Waals surface area contributed by atoms with E-state index in [0.29, 0.717) is 18.6 Å². The molecule has 2 aliphatic rings. The zero-order valence-electron chi connectivity index (χ0n) is 9.70. The average Bonchev–Trinajstić information content (AvgIpc) is 2.25. The van der Waals surface area contributed by atoms with Crippen LogP contribution in [0, 0.1) is 0 Å². The van der Waals surface area contributed by atoms with Crippen LogP contribution in [-0.4, -0.2) is 61.0 Å². The van der Waals surface area contributed by atoms with Crippen LogP contribution < -0.4 is 5.32 Å². The largest absolute Gasteiger partial charge is 0.343 e. The number of carbonyl (C=O) groups is 1. The standard InChI is InChI=1S/C11H21N3O/c1-9-7-13(2)11(15)8-14(9)10-4-3-5-12-6-10/h9-10,12H,3-8H2,1-2H3. The molecule has 2 saturated heterocycles. The SMILES string of the molecule is CC1CN(C)C(=O)CN1C1CCCNC1. The summed E-state index contributed by atoms with van der Waals surface area (Å²) < 4.78 is 0. The van der Waals surface area contributed by atoms with Crippen LogP contribution in [0.3, 0.4) is 0 Å². The average molecular weight is 211 g/mol. The van der Waals surface area contributed by atoms with Crippen molar-refractivity contribution in [1.29, 1.82) is 0 Å². The molecule has 15 heavy (non-hydrogen) atoms. The van der Waals surface area contributed by atoms with Crippen molar-refractivity contribution >= 4 is 5.91 Å². The van der Waals surface area contributed by atoms with Crippen molar-refractivity contribution < 1.29 is 4.79 Å². The van der Waals surface area contributed by atoms with E-state index in [2.05, 4.69) is 17.1 Å². The number of nitrogens with one attached hydrogen (secondary N) is 1. The first-order valence-corrected chi connectivity index (χ1v) is 5.89. The highest BCUT2D eigenvalue weighted by atomic mass is 16.2. The molecule has 2 heterocycles. The van der Waals surface area contributed by atoms with Gasteiger partial charge in [-0.1, -0.05) is 0 Å². The predicted octanol–water partition coefficient (Wildman–Crippen LogP) is -0.0991. The molecule has 0 spiro atoms. The van der Waals surface area contributed by atoms with Gasteiger partial charge in [-0.25, -0.2) is 0 Å². The predicted molar refractivity (Wildman–Crippen MR) is 59.7 cm³/mol. The van der Waals surface area contributed by atoms with Gasteiger partial charge in [0, 0.05) is 32.2 Å². The molecule has 2 atom stereocenters. The second-order valence-electron chi connectivity index (χ2n) is 4.80. The van der Waals surface area contributed by atoms with Crippen LogP contribution in [0.25, 0.3) is 0 Å². The van der Waals surface area contributed by atoms with Crippen molar-refractivity contribution in [2.45, 2.75) is 31.8 Å². The van der Waals surface area contributed by atoms with Gasteiger partial charge in [-0.15, -0.1) is 0 Å². The molecule has 86 valence electrons. The Morgan fingerprint density at radius 1 is 1.47 bits per heavy atom. The quantitative estimate of drug-likeness (QED) is 0.658. The Morgan fingerprint density at radius 3 is 2.93 bits per heavy atom. The zero-order chi connectivity index (χ0) is 10.8. The number of hydrogen-bond donors (Lipinski definition) is 1. The number of hydrogen-bond acceptors (Lipinski definition) is 3. The van der Waals surface area contributed by atoms with Crippen LogP contribution in [0.15, 0.2) is 0 Å². The van der Waals surface area contributed by atoms with E-state index in [1.165, 1.54) is 12.8 Å². The van der Waals surface area contributed by atoms with Crippen molar-refractivity contribution in [3.8, 4) is 0 Å². The Balaban J connectivity index is 1.98. The minimum atomic E-state index is 0.263. The van der Waals surface area contributed by atoms with E-state index in [-0.39, 0.29) is 5.91 Å². The zero-order valence-corrected chi connectivity index (χ0v) is 9.70. The minimum absolute atomic E-state index is 0.263. The summed E-state index contributed by atoms with van der Waals surface area (Å²) in [5.41, 5.74) is 0. The lowest BCUT2D eigenvalue weighted by Crippen LogP contribution is -2.59. The number of likely N-dealkylation sites (N-methyl/N-ethyl adjacent to an activating group) is 1. The van der Waals surface area contributed by atoms with Crippen LogP contribution in [0.1, 0.15) is 19.8 Å². The molecule has 0 radical (unpaired) electrons. The van der Waals surface area contributed by atoms with Gasteiger partial charge in [-0.2, -0.15) is 0 Å². The third kappa shape index (κ3) is 2.32. The molecule has 0 saturated carbocycles. The number of nitrogens with zero attached hydrogens (tertiary/aromatic N) is 2. The molecule has 0 aromatic heterocycles. The molecule has 2 rings (SSSR count). The minimum Gasteiger partial charge on any atom is -0.343 e. The number of carbonyl (C=O) groups excluding carboxylic acids is 1. The van der Waals surface area contributed by atoms with E-state index in [1.54, 1.807) is 0 Å². The first-order chi connectivity index (χ1) is 7.18. The Morgan fingerprint density at radius 2 is 2.27 bits per heavy atom.